The molecule has 102 valence electrons. The number of piperidine rings is 2. The Hall–Kier alpha value is -1.26. The molecule has 18 heavy (non-hydrogen) atoms. The van der Waals surface area contributed by atoms with Gasteiger partial charge in [0, 0.05) is 26.1 Å². The Morgan fingerprint density at radius 2 is 1.56 bits per heavy atom. The lowest BCUT2D eigenvalue weighted by Gasteiger charge is -2.50. The zero-order valence-electron chi connectivity index (χ0n) is 11.6. The van der Waals surface area contributed by atoms with Gasteiger partial charge in [-0.3, -0.25) is 4.79 Å². The van der Waals surface area contributed by atoms with E-state index in [-0.39, 0.29) is 24.1 Å². The standard InChI is InChI=1S/C13H22N2O3/c1-9(16)14-7-11-6-5-10(14)8-15(11)12(17)18-13(2,3)4/h10-11H,5-8H2,1-4H3/t10?,11-/m0/s1. The maximum absolute atomic E-state index is 12.1. The number of ether oxygens (including phenoxy) is 1. The maximum atomic E-state index is 12.1. The molecule has 0 aromatic carbocycles. The van der Waals surface area contributed by atoms with Gasteiger partial charge in [0.1, 0.15) is 5.60 Å². The van der Waals surface area contributed by atoms with Crippen LogP contribution in [0.5, 0.6) is 0 Å². The molecule has 0 aromatic heterocycles. The topological polar surface area (TPSA) is 49.9 Å². The second kappa shape index (κ2) is 4.44. The quantitative estimate of drug-likeness (QED) is 0.660. The molecule has 0 aliphatic carbocycles. The van der Waals surface area contributed by atoms with E-state index in [2.05, 4.69) is 0 Å². The van der Waals surface area contributed by atoms with E-state index >= 15 is 0 Å². The van der Waals surface area contributed by atoms with E-state index in [1.807, 2.05) is 25.7 Å². The van der Waals surface area contributed by atoms with Crippen molar-refractivity contribution in [1.29, 1.82) is 0 Å². The number of nitrogens with zero attached hydrogens (tertiary/aromatic N) is 2. The highest BCUT2D eigenvalue weighted by molar-refractivity contribution is 5.75. The fraction of sp³-hybridized carbons (Fsp3) is 0.846. The van der Waals surface area contributed by atoms with Gasteiger partial charge < -0.3 is 14.5 Å². The van der Waals surface area contributed by atoms with Gasteiger partial charge in [-0.25, -0.2) is 4.79 Å². The van der Waals surface area contributed by atoms with E-state index in [9.17, 15) is 9.59 Å². The minimum Gasteiger partial charge on any atom is -0.444 e. The summed E-state index contributed by atoms with van der Waals surface area (Å²) in [6, 6.07) is 0.286. The summed E-state index contributed by atoms with van der Waals surface area (Å²) in [7, 11) is 0. The number of hydrogen-bond acceptors (Lipinski definition) is 3. The van der Waals surface area contributed by atoms with Gasteiger partial charge in [-0.05, 0) is 33.6 Å². The van der Waals surface area contributed by atoms with Crippen LogP contribution in [0, 0.1) is 0 Å². The van der Waals surface area contributed by atoms with E-state index in [4.69, 9.17) is 4.74 Å². The molecule has 5 heteroatoms. The van der Waals surface area contributed by atoms with E-state index in [0.717, 1.165) is 12.8 Å². The molecule has 2 bridgehead atoms. The van der Waals surface area contributed by atoms with Crippen LogP contribution in [0.3, 0.4) is 0 Å². The summed E-state index contributed by atoms with van der Waals surface area (Å²) in [6.07, 6.45) is 1.71. The van der Waals surface area contributed by atoms with Crippen LogP contribution >= 0.6 is 0 Å². The molecule has 0 spiro atoms. The van der Waals surface area contributed by atoms with Crippen molar-refractivity contribution < 1.29 is 14.3 Å². The highest BCUT2D eigenvalue weighted by Gasteiger charge is 2.43. The fourth-order valence-corrected chi connectivity index (χ4v) is 2.76. The molecule has 0 saturated carbocycles. The molecule has 0 N–H and O–H groups in total. The highest BCUT2D eigenvalue weighted by Crippen LogP contribution is 2.30. The summed E-state index contributed by atoms with van der Waals surface area (Å²) in [5.41, 5.74) is -0.464. The lowest BCUT2D eigenvalue weighted by molar-refractivity contribution is -0.139. The lowest BCUT2D eigenvalue weighted by atomic mass is 9.91. The van der Waals surface area contributed by atoms with Crippen LogP contribution in [0.1, 0.15) is 40.5 Å². The van der Waals surface area contributed by atoms with Crippen molar-refractivity contribution in [1.82, 2.24) is 9.80 Å². The summed E-state index contributed by atoms with van der Waals surface area (Å²) in [5, 5.41) is 0. The van der Waals surface area contributed by atoms with Crippen molar-refractivity contribution in [2.24, 2.45) is 0 Å². The van der Waals surface area contributed by atoms with Gasteiger partial charge in [-0.15, -0.1) is 0 Å². The van der Waals surface area contributed by atoms with Gasteiger partial charge in [0.2, 0.25) is 5.91 Å². The Labute approximate surface area is 108 Å². The zero-order valence-corrected chi connectivity index (χ0v) is 11.6. The van der Waals surface area contributed by atoms with Gasteiger partial charge in [0.05, 0.1) is 6.04 Å². The number of carbonyl (C=O) groups excluding carboxylic acids is 2. The Kier molecular flexibility index (Phi) is 3.25. The zero-order chi connectivity index (χ0) is 13.5. The first kappa shape index (κ1) is 13.2. The maximum Gasteiger partial charge on any atom is 0.410 e. The van der Waals surface area contributed by atoms with Crippen molar-refractivity contribution >= 4 is 12.0 Å². The predicted octanol–water partition coefficient (Wildman–Crippen LogP) is 1.62. The molecule has 2 amide bonds. The van der Waals surface area contributed by atoms with Crippen molar-refractivity contribution in [3.05, 3.63) is 0 Å². The molecule has 3 heterocycles. The third-order valence-electron chi connectivity index (χ3n) is 3.56. The van der Waals surface area contributed by atoms with Gasteiger partial charge in [0.25, 0.3) is 0 Å². The third-order valence-corrected chi connectivity index (χ3v) is 3.56. The Morgan fingerprint density at radius 3 is 1.94 bits per heavy atom. The Morgan fingerprint density at radius 1 is 1.06 bits per heavy atom. The first-order valence-corrected chi connectivity index (χ1v) is 6.55. The summed E-state index contributed by atoms with van der Waals surface area (Å²) in [4.78, 5) is 27.2. The predicted molar refractivity (Wildman–Crippen MR) is 67.1 cm³/mol. The summed E-state index contributed by atoms with van der Waals surface area (Å²) in [6.45, 7) is 8.47. The Balaban J connectivity index is 2.02. The lowest BCUT2D eigenvalue weighted by Crippen LogP contribution is -2.65. The van der Waals surface area contributed by atoms with E-state index in [0.29, 0.717) is 13.1 Å². The number of carbonyl (C=O) groups is 2. The minimum absolute atomic E-state index is 0.105. The number of hydrogen-bond donors (Lipinski definition) is 0. The number of rotatable bonds is 0. The van der Waals surface area contributed by atoms with Gasteiger partial charge in [0.15, 0.2) is 0 Å². The van der Waals surface area contributed by atoms with Crippen molar-refractivity contribution in [3.8, 4) is 0 Å². The molecule has 3 saturated heterocycles. The Bertz CT molecular complexity index is 362. The number of amides is 2. The molecular formula is C13H22N2O3. The molecule has 5 nitrogen and oxygen atoms in total. The minimum atomic E-state index is -0.464. The van der Waals surface area contributed by atoms with Crippen LogP contribution < -0.4 is 0 Å². The second-order valence-electron chi connectivity index (χ2n) is 6.19. The average Bonchev–Trinajstić information content (AvgIpc) is 2.27. The number of fused-ring (bicyclic) bond motifs is 3. The smallest absolute Gasteiger partial charge is 0.410 e. The van der Waals surface area contributed by atoms with Crippen LogP contribution in [0.15, 0.2) is 0 Å². The first-order valence-electron chi connectivity index (χ1n) is 6.55. The van der Waals surface area contributed by atoms with Gasteiger partial charge in [-0.2, -0.15) is 0 Å². The van der Waals surface area contributed by atoms with E-state index in [1.54, 1.807) is 11.8 Å². The van der Waals surface area contributed by atoms with Crippen LogP contribution in [0.25, 0.3) is 0 Å². The fourth-order valence-electron chi connectivity index (χ4n) is 2.76. The van der Waals surface area contributed by atoms with Gasteiger partial charge in [-0.1, -0.05) is 0 Å². The normalized spacial score (nSPS) is 27.3. The van der Waals surface area contributed by atoms with E-state index in [1.165, 1.54) is 0 Å². The first-order chi connectivity index (χ1) is 8.28. The van der Waals surface area contributed by atoms with Crippen LogP contribution in [0.4, 0.5) is 4.79 Å². The van der Waals surface area contributed by atoms with Crippen molar-refractivity contribution in [3.63, 3.8) is 0 Å². The summed E-state index contributed by atoms with van der Waals surface area (Å²) >= 11 is 0. The molecule has 0 radical (unpaired) electrons. The monoisotopic (exact) mass is 254 g/mol. The molecule has 0 aromatic rings. The largest absolute Gasteiger partial charge is 0.444 e. The van der Waals surface area contributed by atoms with Crippen molar-refractivity contribution in [2.45, 2.75) is 58.2 Å². The van der Waals surface area contributed by atoms with Crippen LogP contribution in [0.2, 0.25) is 0 Å². The highest BCUT2D eigenvalue weighted by atomic mass is 16.6. The second-order valence-corrected chi connectivity index (χ2v) is 6.19. The third kappa shape index (κ3) is 2.60. The van der Waals surface area contributed by atoms with Gasteiger partial charge >= 0.3 is 6.09 Å². The molecule has 1 unspecified atom stereocenters. The van der Waals surface area contributed by atoms with Crippen LogP contribution in [-0.2, 0) is 9.53 Å². The van der Waals surface area contributed by atoms with Crippen LogP contribution in [-0.4, -0.2) is 52.6 Å². The molecule has 3 aliphatic rings. The SMILES string of the molecule is CC(=O)N1C[C@@H]2CCC1CN2C(=O)OC(C)(C)C. The molecule has 3 rings (SSSR count). The van der Waals surface area contributed by atoms with Crippen molar-refractivity contribution in [2.75, 3.05) is 13.1 Å². The molecular weight excluding hydrogens is 232 g/mol. The average molecular weight is 254 g/mol. The summed E-state index contributed by atoms with van der Waals surface area (Å²) in [5.74, 6) is 0.105. The summed E-state index contributed by atoms with van der Waals surface area (Å²) < 4.78 is 5.41. The van der Waals surface area contributed by atoms with E-state index < -0.39 is 5.60 Å². The molecule has 3 aliphatic heterocycles. The molecule has 3 fully saturated rings. The number of piperazine rings is 1. The molecule has 2 atom stereocenters.